The van der Waals surface area contributed by atoms with Gasteiger partial charge in [-0.15, -0.1) is 0 Å². The minimum atomic E-state index is -0.117. The third-order valence-corrected chi connectivity index (χ3v) is 4.60. The molecule has 2 aliphatic carbocycles. The summed E-state index contributed by atoms with van der Waals surface area (Å²) < 4.78 is 10.6. The molecule has 2 aliphatic rings. The highest BCUT2D eigenvalue weighted by Gasteiger charge is 2.41. The Morgan fingerprint density at radius 3 is 1.70 bits per heavy atom. The maximum absolute atomic E-state index is 12.6. The molecular weight excluding hydrogens is 292 g/mol. The van der Waals surface area contributed by atoms with Crippen LogP contribution in [0.1, 0.15) is 30.8 Å². The molecule has 0 N–H and O–H groups in total. The third kappa shape index (κ3) is 2.61. The van der Waals surface area contributed by atoms with Crippen LogP contribution >= 0.6 is 0 Å². The van der Waals surface area contributed by atoms with Crippen LogP contribution in [0.25, 0.3) is 12.2 Å². The normalized spacial score (nSPS) is 27.8. The van der Waals surface area contributed by atoms with Crippen molar-refractivity contribution in [3.8, 4) is 0 Å². The number of carbonyl (C=O) groups excluding carboxylic acids is 2. The SMILES string of the molecule is O=C1/C(=C\c2ccco2)C[C@H]2C[C@@H]1C/C(=C\c1ccco1)C2=O. The summed E-state index contributed by atoms with van der Waals surface area (Å²) in [7, 11) is 0. The van der Waals surface area contributed by atoms with Gasteiger partial charge in [0, 0.05) is 11.8 Å². The van der Waals surface area contributed by atoms with Crippen molar-refractivity contribution in [1.82, 2.24) is 0 Å². The number of carbonyl (C=O) groups is 2. The van der Waals surface area contributed by atoms with Gasteiger partial charge in [-0.1, -0.05) is 0 Å². The summed E-state index contributed by atoms with van der Waals surface area (Å²) in [6.07, 6.45) is 8.34. The molecule has 2 saturated carbocycles. The van der Waals surface area contributed by atoms with Crippen molar-refractivity contribution in [2.75, 3.05) is 0 Å². The van der Waals surface area contributed by atoms with Crippen LogP contribution < -0.4 is 0 Å². The van der Waals surface area contributed by atoms with E-state index in [2.05, 4.69) is 0 Å². The zero-order valence-electron chi connectivity index (χ0n) is 12.5. The third-order valence-electron chi connectivity index (χ3n) is 4.60. The van der Waals surface area contributed by atoms with Crippen LogP contribution in [0.15, 0.2) is 56.8 Å². The van der Waals surface area contributed by atoms with Gasteiger partial charge in [-0.25, -0.2) is 0 Å². The Morgan fingerprint density at radius 1 is 0.826 bits per heavy atom. The first kappa shape index (κ1) is 14.0. The number of hydrogen-bond donors (Lipinski definition) is 0. The minimum absolute atomic E-state index is 0.117. The van der Waals surface area contributed by atoms with E-state index in [1.54, 1.807) is 36.8 Å². The molecule has 4 rings (SSSR count). The number of Topliss-reactive ketones (excluding diaryl/α,β-unsaturated/α-hetero) is 2. The fourth-order valence-corrected chi connectivity index (χ4v) is 3.52. The average molecular weight is 308 g/mol. The maximum atomic E-state index is 12.6. The van der Waals surface area contributed by atoms with Gasteiger partial charge in [-0.05, 0) is 66.8 Å². The molecule has 2 heterocycles. The van der Waals surface area contributed by atoms with Crippen molar-refractivity contribution in [1.29, 1.82) is 0 Å². The van der Waals surface area contributed by atoms with E-state index in [-0.39, 0.29) is 23.4 Å². The van der Waals surface area contributed by atoms with Gasteiger partial charge >= 0.3 is 0 Å². The minimum Gasteiger partial charge on any atom is -0.465 e. The highest BCUT2D eigenvalue weighted by Crippen LogP contribution is 2.41. The van der Waals surface area contributed by atoms with E-state index in [9.17, 15) is 9.59 Å². The van der Waals surface area contributed by atoms with Gasteiger partial charge in [-0.3, -0.25) is 9.59 Å². The predicted octanol–water partition coefficient (Wildman–Crippen LogP) is 3.91. The predicted molar refractivity (Wildman–Crippen MR) is 84.2 cm³/mol. The summed E-state index contributed by atoms with van der Waals surface area (Å²) in [5, 5.41) is 0. The molecule has 0 spiro atoms. The zero-order chi connectivity index (χ0) is 15.8. The first-order valence-corrected chi connectivity index (χ1v) is 7.77. The summed E-state index contributed by atoms with van der Waals surface area (Å²) in [5.74, 6) is 1.35. The van der Waals surface area contributed by atoms with Gasteiger partial charge in [-0.2, -0.15) is 0 Å². The smallest absolute Gasteiger partial charge is 0.162 e. The molecule has 0 aliphatic heterocycles. The van der Waals surface area contributed by atoms with Gasteiger partial charge in [0.05, 0.1) is 12.5 Å². The molecule has 0 radical (unpaired) electrons. The number of rotatable bonds is 2. The Labute approximate surface area is 133 Å². The number of allylic oxidation sites excluding steroid dienone is 2. The molecule has 23 heavy (non-hydrogen) atoms. The number of furan rings is 2. The maximum Gasteiger partial charge on any atom is 0.162 e. The topological polar surface area (TPSA) is 60.4 Å². The van der Waals surface area contributed by atoms with Gasteiger partial charge in [0.1, 0.15) is 11.5 Å². The van der Waals surface area contributed by atoms with E-state index in [1.807, 2.05) is 12.1 Å². The first-order chi connectivity index (χ1) is 11.2. The Kier molecular flexibility index (Phi) is 3.37. The van der Waals surface area contributed by atoms with Gasteiger partial charge < -0.3 is 8.83 Å². The summed E-state index contributed by atoms with van der Waals surface area (Å²) >= 11 is 0. The van der Waals surface area contributed by atoms with Crippen LogP contribution in [-0.2, 0) is 9.59 Å². The molecule has 2 atom stereocenters. The number of fused-ring (bicyclic) bond motifs is 2. The van der Waals surface area contributed by atoms with E-state index in [0.717, 1.165) is 0 Å². The monoisotopic (exact) mass is 308 g/mol. The molecule has 4 nitrogen and oxygen atoms in total. The van der Waals surface area contributed by atoms with Gasteiger partial charge in [0.15, 0.2) is 11.6 Å². The Hall–Kier alpha value is -2.62. The van der Waals surface area contributed by atoms with Gasteiger partial charge in [0.25, 0.3) is 0 Å². The van der Waals surface area contributed by atoms with Crippen molar-refractivity contribution < 1.29 is 18.4 Å². The first-order valence-electron chi connectivity index (χ1n) is 7.77. The zero-order valence-corrected chi connectivity index (χ0v) is 12.5. The highest BCUT2D eigenvalue weighted by molar-refractivity contribution is 6.09. The standard InChI is InChI=1S/C19H16O4/c20-18-13-7-12(8-14(18)10-16-3-1-5-22-16)19(21)15(9-13)11-17-4-2-6-23-17/h1-6,10-13H,7-9H2/b14-10-,15-11+/t12-,13-/m1/s1. The van der Waals surface area contributed by atoms with E-state index in [0.29, 0.717) is 41.9 Å². The van der Waals surface area contributed by atoms with E-state index < -0.39 is 0 Å². The Bertz CT molecular complexity index is 722. The molecule has 0 aromatic carbocycles. The van der Waals surface area contributed by atoms with Crippen LogP contribution in [0.5, 0.6) is 0 Å². The lowest BCUT2D eigenvalue weighted by Gasteiger charge is -2.34. The second-order valence-corrected chi connectivity index (χ2v) is 6.14. The lowest BCUT2D eigenvalue weighted by Crippen LogP contribution is -2.37. The molecule has 2 fully saturated rings. The molecule has 4 heteroatoms. The van der Waals surface area contributed by atoms with Crippen molar-refractivity contribution in [3.63, 3.8) is 0 Å². The molecule has 2 bridgehead atoms. The molecule has 116 valence electrons. The lowest BCUT2D eigenvalue weighted by atomic mass is 9.67. The van der Waals surface area contributed by atoms with E-state index >= 15 is 0 Å². The van der Waals surface area contributed by atoms with Crippen LogP contribution in [0, 0.1) is 11.8 Å². The summed E-state index contributed by atoms with van der Waals surface area (Å²) in [6.45, 7) is 0. The summed E-state index contributed by atoms with van der Waals surface area (Å²) in [6, 6.07) is 7.20. The van der Waals surface area contributed by atoms with Crippen LogP contribution in [0.2, 0.25) is 0 Å². The second kappa shape index (κ2) is 5.54. The molecule has 2 aromatic rings. The van der Waals surface area contributed by atoms with Crippen molar-refractivity contribution in [3.05, 3.63) is 59.5 Å². The molecule has 2 aromatic heterocycles. The van der Waals surface area contributed by atoms with Crippen molar-refractivity contribution in [2.45, 2.75) is 19.3 Å². The Morgan fingerprint density at radius 2 is 1.30 bits per heavy atom. The summed E-state index contributed by atoms with van der Waals surface area (Å²) in [4.78, 5) is 25.3. The number of hydrogen-bond acceptors (Lipinski definition) is 4. The Balaban J connectivity index is 1.63. The van der Waals surface area contributed by atoms with E-state index in [4.69, 9.17) is 8.83 Å². The van der Waals surface area contributed by atoms with E-state index in [1.165, 1.54) is 0 Å². The van der Waals surface area contributed by atoms with Crippen LogP contribution in [-0.4, -0.2) is 11.6 Å². The van der Waals surface area contributed by atoms with Crippen LogP contribution in [0.3, 0.4) is 0 Å². The summed E-state index contributed by atoms with van der Waals surface area (Å²) in [5.41, 5.74) is 1.40. The van der Waals surface area contributed by atoms with Gasteiger partial charge in [0.2, 0.25) is 0 Å². The molecular formula is C19H16O4. The fraction of sp³-hybridized carbons (Fsp3) is 0.263. The van der Waals surface area contributed by atoms with Crippen molar-refractivity contribution in [2.24, 2.45) is 11.8 Å². The van der Waals surface area contributed by atoms with Crippen molar-refractivity contribution >= 4 is 23.7 Å². The fourth-order valence-electron chi connectivity index (χ4n) is 3.52. The largest absolute Gasteiger partial charge is 0.465 e. The molecule has 0 unspecified atom stereocenters. The lowest BCUT2D eigenvalue weighted by molar-refractivity contribution is -0.127. The number of ketones is 2. The average Bonchev–Trinajstić information content (AvgIpc) is 3.22. The molecule has 0 amide bonds. The highest BCUT2D eigenvalue weighted by atomic mass is 16.3. The molecule has 0 saturated heterocycles. The quantitative estimate of drug-likeness (QED) is 0.789. The second-order valence-electron chi connectivity index (χ2n) is 6.14. The van der Waals surface area contributed by atoms with Crippen LogP contribution in [0.4, 0.5) is 0 Å².